The van der Waals surface area contributed by atoms with Crippen LogP contribution in [0.25, 0.3) is 0 Å². The molecule has 6 nitrogen and oxygen atoms in total. The maximum absolute atomic E-state index is 13.2. The second-order valence-corrected chi connectivity index (χ2v) is 8.33. The van der Waals surface area contributed by atoms with Gasteiger partial charge in [-0.15, -0.1) is 11.8 Å². The third kappa shape index (κ3) is 2.69. The Balaban J connectivity index is 1.92. The van der Waals surface area contributed by atoms with Crippen LogP contribution in [0.5, 0.6) is 0 Å². The standard InChI is InChI=1S/C19H15ClN2O4S/c1-10-2-7-14-13(8-10)19(18(26)21-14)22(12-5-3-11(20)4-6-12)17(25)15(27-19)9-16(23)24/h2-8,15H,9H2,1H3,(H,21,26)(H,23,24)/t15-,19-/m0/s1. The second-order valence-electron chi connectivity index (χ2n) is 6.50. The minimum absolute atomic E-state index is 0.357. The number of halogens is 1. The number of carboxylic acids is 1. The zero-order chi connectivity index (χ0) is 19.3. The van der Waals surface area contributed by atoms with Gasteiger partial charge in [-0.05, 0) is 37.3 Å². The molecule has 27 heavy (non-hydrogen) atoms. The number of thioether (sulfide) groups is 1. The molecule has 2 atom stereocenters. The van der Waals surface area contributed by atoms with Crippen LogP contribution in [-0.2, 0) is 19.3 Å². The predicted molar refractivity (Wildman–Crippen MR) is 104 cm³/mol. The van der Waals surface area contributed by atoms with Crippen molar-refractivity contribution in [2.24, 2.45) is 0 Å². The molecule has 2 aliphatic rings. The second kappa shape index (κ2) is 6.28. The molecule has 0 aromatic heterocycles. The van der Waals surface area contributed by atoms with Crippen molar-refractivity contribution in [3.05, 3.63) is 58.6 Å². The smallest absolute Gasteiger partial charge is 0.305 e. The van der Waals surface area contributed by atoms with Crippen LogP contribution < -0.4 is 10.2 Å². The zero-order valence-electron chi connectivity index (χ0n) is 14.2. The van der Waals surface area contributed by atoms with Gasteiger partial charge in [-0.1, -0.05) is 29.3 Å². The number of carbonyl (C=O) groups is 3. The van der Waals surface area contributed by atoms with E-state index in [1.54, 1.807) is 30.3 Å². The summed E-state index contributed by atoms with van der Waals surface area (Å²) in [7, 11) is 0. The fourth-order valence-electron chi connectivity index (χ4n) is 3.51. The van der Waals surface area contributed by atoms with Gasteiger partial charge in [0.05, 0.1) is 11.7 Å². The van der Waals surface area contributed by atoms with Gasteiger partial charge in [0.15, 0.2) is 0 Å². The molecule has 8 heteroatoms. The van der Waals surface area contributed by atoms with E-state index in [9.17, 15) is 19.5 Å². The van der Waals surface area contributed by atoms with E-state index in [2.05, 4.69) is 5.32 Å². The Morgan fingerprint density at radius 1 is 1.26 bits per heavy atom. The highest BCUT2D eigenvalue weighted by Gasteiger charge is 2.62. The normalized spacial score (nSPS) is 23.6. The van der Waals surface area contributed by atoms with Gasteiger partial charge >= 0.3 is 5.97 Å². The first-order chi connectivity index (χ1) is 12.8. The SMILES string of the molecule is Cc1ccc2c(c1)[C@]1(S[C@@H](CC(=O)O)C(=O)N1c1ccc(Cl)cc1)C(=O)N2. The van der Waals surface area contributed by atoms with Crippen LogP contribution in [0.1, 0.15) is 17.5 Å². The molecule has 0 radical (unpaired) electrons. The minimum atomic E-state index is -1.34. The van der Waals surface area contributed by atoms with Crippen LogP contribution in [0.3, 0.4) is 0 Å². The molecule has 2 heterocycles. The molecule has 1 spiro atoms. The van der Waals surface area contributed by atoms with Gasteiger partial charge in [0.1, 0.15) is 0 Å². The van der Waals surface area contributed by atoms with E-state index in [0.29, 0.717) is 22.0 Å². The molecule has 0 saturated carbocycles. The number of hydrogen-bond acceptors (Lipinski definition) is 4. The molecule has 0 unspecified atom stereocenters. The van der Waals surface area contributed by atoms with Gasteiger partial charge in [0.2, 0.25) is 10.8 Å². The summed E-state index contributed by atoms with van der Waals surface area (Å²) < 4.78 is 0. The number of nitrogens with one attached hydrogen (secondary N) is 1. The number of anilines is 2. The Bertz CT molecular complexity index is 978. The molecule has 0 bridgehead atoms. The van der Waals surface area contributed by atoms with Gasteiger partial charge in [-0.25, -0.2) is 0 Å². The monoisotopic (exact) mass is 402 g/mol. The van der Waals surface area contributed by atoms with E-state index in [1.165, 1.54) is 4.90 Å². The maximum atomic E-state index is 13.2. The zero-order valence-corrected chi connectivity index (χ0v) is 15.8. The van der Waals surface area contributed by atoms with Crippen LogP contribution in [0.2, 0.25) is 5.02 Å². The van der Waals surface area contributed by atoms with E-state index < -0.39 is 22.0 Å². The molecule has 0 aliphatic carbocycles. The van der Waals surface area contributed by atoms with Crippen LogP contribution in [0, 0.1) is 6.92 Å². The molecular weight excluding hydrogens is 388 g/mol. The Kier molecular flexibility index (Phi) is 4.16. The number of fused-ring (bicyclic) bond motifs is 2. The number of nitrogens with zero attached hydrogens (tertiary/aromatic N) is 1. The Hall–Kier alpha value is -2.51. The van der Waals surface area contributed by atoms with E-state index in [-0.39, 0.29) is 12.3 Å². The Labute approximate surface area is 164 Å². The number of aryl methyl sites for hydroxylation is 1. The highest BCUT2D eigenvalue weighted by Crippen LogP contribution is 2.56. The number of benzene rings is 2. The average molecular weight is 403 g/mol. The molecule has 2 aromatic rings. The summed E-state index contributed by atoms with van der Waals surface area (Å²) in [4.78, 5) is 37.6. The lowest BCUT2D eigenvalue weighted by molar-refractivity contribution is -0.138. The lowest BCUT2D eigenvalue weighted by atomic mass is 10.0. The lowest BCUT2D eigenvalue weighted by Gasteiger charge is -2.32. The van der Waals surface area contributed by atoms with Gasteiger partial charge < -0.3 is 10.4 Å². The molecule has 4 rings (SSSR count). The number of hydrogen-bond donors (Lipinski definition) is 2. The van der Waals surface area contributed by atoms with Crippen molar-refractivity contribution in [2.75, 3.05) is 10.2 Å². The largest absolute Gasteiger partial charge is 0.481 e. The minimum Gasteiger partial charge on any atom is -0.481 e. The summed E-state index contributed by atoms with van der Waals surface area (Å²) in [5.41, 5.74) is 2.72. The van der Waals surface area contributed by atoms with Crippen molar-refractivity contribution in [2.45, 2.75) is 23.5 Å². The topological polar surface area (TPSA) is 86.7 Å². The highest BCUT2D eigenvalue weighted by molar-refractivity contribution is 8.03. The highest BCUT2D eigenvalue weighted by atomic mass is 35.5. The maximum Gasteiger partial charge on any atom is 0.305 e. The summed E-state index contributed by atoms with van der Waals surface area (Å²) in [6.07, 6.45) is -0.357. The van der Waals surface area contributed by atoms with Crippen molar-refractivity contribution in [1.82, 2.24) is 0 Å². The summed E-state index contributed by atoms with van der Waals surface area (Å²) in [6.45, 7) is 1.90. The third-order valence-corrected chi connectivity index (χ3v) is 6.50. The Morgan fingerprint density at radius 2 is 1.96 bits per heavy atom. The fraction of sp³-hybridized carbons (Fsp3) is 0.211. The number of aliphatic carboxylic acids is 1. The van der Waals surface area contributed by atoms with Crippen LogP contribution in [-0.4, -0.2) is 28.1 Å². The van der Waals surface area contributed by atoms with Crippen LogP contribution in [0.15, 0.2) is 42.5 Å². The molecule has 2 aromatic carbocycles. The summed E-state index contributed by atoms with van der Waals surface area (Å²) >= 11 is 7.04. The predicted octanol–water partition coefficient (Wildman–Crippen LogP) is 3.38. The van der Waals surface area contributed by atoms with E-state index in [1.807, 2.05) is 19.1 Å². The number of carbonyl (C=O) groups excluding carboxylic acids is 2. The van der Waals surface area contributed by atoms with E-state index >= 15 is 0 Å². The van der Waals surface area contributed by atoms with Gasteiger partial charge in [-0.3, -0.25) is 19.3 Å². The van der Waals surface area contributed by atoms with Crippen molar-refractivity contribution >= 4 is 52.5 Å². The fourth-order valence-corrected chi connectivity index (χ4v) is 5.24. The summed E-state index contributed by atoms with van der Waals surface area (Å²) in [5.74, 6) is -1.85. The number of amides is 2. The first-order valence-corrected chi connectivity index (χ1v) is 9.50. The van der Waals surface area contributed by atoms with Crippen molar-refractivity contribution in [1.29, 1.82) is 0 Å². The molecule has 1 saturated heterocycles. The van der Waals surface area contributed by atoms with Gasteiger partial charge in [0, 0.05) is 22.0 Å². The lowest BCUT2D eigenvalue weighted by Crippen LogP contribution is -2.47. The summed E-state index contributed by atoms with van der Waals surface area (Å²) in [5, 5.41) is 11.7. The molecule has 2 aliphatic heterocycles. The van der Waals surface area contributed by atoms with Crippen molar-refractivity contribution < 1.29 is 19.5 Å². The molecular formula is C19H15ClN2O4S. The van der Waals surface area contributed by atoms with Crippen molar-refractivity contribution in [3.8, 4) is 0 Å². The van der Waals surface area contributed by atoms with E-state index in [0.717, 1.165) is 17.3 Å². The average Bonchev–Trinajstić information content (AvgIpc) is 3.04. The van der Waals surface area contributed by atoms with E-state index in [4.69, 9.17) is 11.6 Å². The quantitative estimate of drug-likeness (QED) is 0.821. The molecule has 2 amide bonds. The molecule has 2 N–H and O–H groups in total. The van der Waals surface area contributed by atoms with Gasteiger partial charge in [0.25, 0.3) is 5.91 Å². The Morgan fingerprint density at radius 3 is 2.63 bits per heavy atom. The van der Waals surface area contributed by atoms with Crippen LogP contribution in [0.4, 0.5) is 11.4 Å². The van der Waals surface area contributed by atoms with Gasteiger partial charge in [-0.2, -0.15) is 0 Å². The molecule has 1 fully saturated rings. The first-order valence-electron chi connectivity index (χ1n) is 8.25. The number of carboxylic acid groups (broad SMARTS) is 1. The van der Waals surface area contributed by atoms with Crippen LogP contribution >= 0.6 is 23.4 Å². The van der Waals surface area contributed by atoms with Crippen molar-refractivity contribution in [3.63, 3.8) is 0 Å². The number of rotatable bonds is 3. The first kappa shape index (κ1) is 17.9. The third-order valence-electron chi connectivity index (χ3n) is 4.66. The summed E-state index contributed by atoms with van der Waals surface area (Å²) in [6, 6.07) is 12.1. The molecule has 138 valence electrons.